The second-order valence-corrected chi connectivity index (χ2v) is 14.2. The van der Waals surface area contributed by atoms with E-state index in [0.29, 0.717) is 19.4 Å². The van der Waals surface area contributed by atoms with E-state index in [4.69, 9.17) is 18.9 Å². The number of piperidine rings is 1. The highest BCUT2D eigenvalue weighted by Gasteiger charge is 2.79. The van der Waals surface area contributed by atoms with Gasteiger partial charge in [0, 0.05) is 29.5 Å². The first-order valence-electron chi connectivity index (χ1n) is 16.5. The number of hydrogen-bond donors (Lipinski definition) is 0. The standard InChI is InChI=1S/C36H47NO4/c1-5-33(4)28-20-34(6-2)29-19-26-15-16-27(38-22-25-11-9-8-10-12-25)31-30(26)35(34,17-18-37(29)21-24-13-14-24)32(41-31)36(28,7-3)40-23-39-33/h8-12,15-16,24,28-29,32H,5-7,13-14,17-23H2,1-4H3. The highest BCUT2D eigenvalue weighted by molar-refractivity contribution is 5.63. The van der Waals surface area contributed by atoms with E-state index in [1.54, 1.807) is 0 Å². The van der Waals surface area contributed by atoms with Crippen molar-refractivity contribution in [2.24, 2.45) is 17.3 Å². The number of ether oxygens (including phenoxy) is 4. The van der Waals surface area contributed by atoms with Gasteiger partial charge < -0.3 is 18.9 Å². The molecule has 7 unspecified atom stereocenters. The molecule has 2 aromatic rings. The quantitative estimate of drug-likeness (QED) is 0.348. The number of nitrogens with zero attached hydrogens (tertiary/aromatic N) is 1. The van der Waals surface area contributed by atoms with Gasteiger partial charge in [-0.3, -0.25) is 4.90 Å². The Morgan fingerprint density at radius 2 is 1.80 bits per heavy atom. The van der Waals surface area contributed by atoms with Crippen molar-refractivity contribution in [2.75, 3.05) is 19.9 Å². The van der Waals surface area contributed by atoms with Crippen LogP contribution in [0.1, 0.15) is 89.3 Å². The summed E-state index contributed by atoms with van der Waals surface area (Å²) >= 11 is 0. The fraction of sp³-hybridized carbons (Fsp3) is 0.667. The first-order valence-corrected chi connectivity index (χ1v) is 16.5. The lowest BCUT2D eigenvalue weighted by Gasteiger charge is -2.72. The second-order valence-electron chi connectivity index (χ2n) is 14.2. The van der Waals surface area contributed by atoms with Crippen LogP contribution in [0.15, 0.2) is 42.5 Å². The minimum absolute atomic E-state index is 0.0328. The van der Waals surface area contributed by atoms with Crippen LogP contribution in [0.2, 0.25) is 0 Å². The van der Waals surface area contributed by atoms with Crippen LogP contribution in [0.25, 0.3) is 0 Å². The third-order valence-electron chi connectivity index (χ3n) is 12.9. The predicted molar refractivity (Wildman–Crippen MR) is 159 cm³/mol. The van der Waals surface area contributed by atoms with E-state index in [0.717, 1.165) is 62.5 Å². The molecular formula is C36H47NO4. The first-order chi connectivity index (χ1) is 19.9. The van der Waals surface area contributed by atoms with Gasteiger partial charge in [0.1, 0.15) is 25.1 Å². The van der Waals surface area contributed by atoms with Gasteiger partial charge in [-0.15, -0.1) is 0 Å². The van der Waals surface area contributed by atoms with Gasteiger partial charge >= 0.3 is 0 Å². The second kappa shape index (κ2) is 9.21. The highest BCUT2D eigenvalue weighted by atomic mass is 16.7. The van der Waals surface area contributed by atoms with Gasteiger partial charge in [0.2, 0.25) is 0 Å². The third kappa shape index (κ3) is 3.40. The summed E-state index contributed by atoms with van der Waals surface area (Å²) in [5.41, 5.74) is 3.58. The molecule has 41 heavy (non-hydrogen) atoms. The van der Waals surface area contributed by atoms with Crippen molar-refractivity contribution in [1.29, 1.82) is 0 Å². The van der Waals surface area contributed by atoms with Crippen LogP contribution in [-0.4, -0.2) is 48.1 Å². The van der Waals surface area contributed by atoms with Crippen LogP contribution in [-0.2, 0) is 27.9 Å². The monoisotopic (exact) mass is 557 g/mol. The van der Waals surface area contributed by atoms with Crippen LogP contribution in [0.5, 0.6) is 11.5 Å². The van der Waals surface area contributed by atoms with E-state index >= 15 is 0 Å². The van der Waals surface area contributed by atoms with E-state index in [1.807, 2.05) is 0 Å². The molecule has 3 aliphatic carbocycles. The largest absolute Gasteiger partial charge is 0.485 e. The van der Waals surface area contributed by atoms with Crippen molar-refractivity contribution in [3.8, 4) is 11.5 Å². The molecule has 0 radical (unpaired) electrons. The van der Waals surface area contributed by atoms with Crippen LogP contribution in [0.3, 0.4) is 0 Å². The van der Waals surface area contributed by atoms with Gasteiger partial charge in [-0.2, -0.15) is 0 Å². The maximum Gasteiger partial charge on any atom is 0.166 e. The molecule has 8 rings (SSSR count). The van der Waals surface area contributed by atoms with Gasteiger partial charge in [0.25, 0.3) is 0 Å². The van der Waals surface area contributed by atoms with E-state index in [9.17, 15) is 0 Å². The summed E-state index contributed by atoms with van der Waals surface area (Å²) in [6, 6.07) is 15.6. The Labute approximate surface area is 245 Å². The van der Waals surface area contributed by atoms with Crippen molar-refractivity contribution in [1.82, 2.24) is 4.90 Å². The summed E-state index contributed by atoms with van der Waals surface area (Å²) < 4.78 is 27.5. The molecule has 2 saturated heterocycles. The van der Waals surface area contributed by atoms with Gasteiger partial charge in [-0.05, 0) is 93.4 Å². The molecule has 7 atom stereocenters. The predicted octanol–water partition coefficient (Wildman–Crippen LogP) is 7.04. The van der Waals surface area contributed by atoms with Crippen LogP contribution >= 0.6 is 0 Å². The molecule has 3 aliphatic heterocycles. The zero-order chi connectivity index (χ0) is 28.0. The van der Waals surface area contributed by atoms with Crippen molar-refractivity contribution < 1.29 is 18.9 Å². The van der Waals surface area contributed by atoms with E-state index < -0.39 is 0 Å². The Morgan fingerprint density at radius 1 is 0.976 bits per heavy atom. The molecule has 5 nitrogen and oxygen atoms in total. The molecule has 220 valence electrons. The Balaban J connectivity index is 1.31. The molecular weight excluding hydrogens is 510 g/mol. The molecule has 4 fully saturated rings. The zero-order valence-corrected chi connectivity index (χ0v) is 25.4. The molecule has 0 amide bonds. The summed E-state index contributed by atoms with van der Waals surface area (Å²) in [4.78, 5) is 2.91. The molecule has 0 aromatic heterocycles. The summed E-state index contributed by atoms with van der Waals surface area (Å²) in [7, 11) is 0. The summed E-state index contributed by atoms with van der Waals surface area (Å²) in [5.74, 6) is 3.08. The van der Waals surface area contributed by atoms with Gasteiger partial charge in [-0.1, -0.05) is 57.2 Å². The SMILES string of the molecule is CCC1(C)OCOC2(CC)C1CC1(CC)C3Cc4ccc(OCc5ccccc5)c5c4C1(CCN3CC1CC1)C2O5. The van der Waals surface area contributed by atoms with Gasteiger partial charge in [0.15, 0.2) is 11.5 Å². The lowest BCUT2D eigenvalue weighted by atomic mass is 9.37. The zero-order valence-electron chi connectivity index (χ0n) is 25.4. The highest BCUT2D eigenvalue weighted by Crippen LogP contribution is 2.75. The summed E-state index contributed by atoms with van der Waals surface area (Å²) in [6.45, 7) is 12.8. The Kier molecular flexibility index (Phi) is 5.96. The Hall–Kier alpha value is -2.08. The van der Waals surface area contributed by atoms with Crippen molar-refractivity contribution in [2.45, 2.75) is 114 Å². The molecule has 2 aromatic carbocycles. The number of likely N-dealkylation sites (tertiary alicyclic amines) is 1. The third-order valence-corrected chi connectivity index (χ3v) is 12.9. The normalized spacial score (nSPS) is 40.4. The summed E-state index contributed by atoms with van der Waals surface area (Å²) in [5, 5.41) is 0. The van der Waals surface area contributed by atoms with Gasteiger partial charge in [0.05, 0.1) is 5.60 Å². The lowest BCUT2D eigenvalue weighted by molar-refractivity contribution is -0.353. The first kappa shape index (κ1) is 26.5. The number of hydrogen-bond acceptors (Lipinski definition) is 5. The molecule has 2 saturated carbocycles. The molecule has 6 aliphatic rings. The fourth-order valence-corrected chi connectivity index (χ4v) is 10.5. The molecule has 1 spiro atoms. The molecule has 3 heterocycles. The van der Waals surface area contributed by atoms with Crippen molar-refractivity contribution in [3.05, 3.63) is 59.2 Å². The van der Waals surface area contributed by atoms with E-state index in [-0.39, 0.29) is 34.1 Å². The van der Waals surface area contributed by atoms with Crippen molar-refractivity contribution in [3.63, 3.8) is 0 Å². The number of fused-ring (bicyclic) bond motifs is 2. The lowest BCUT2D eigenvalue weighted by Crippen LogP contribution is -2.80. The van der Waals surface area contributed by atoms with E-state index in [2.05, 4.69) is 75.1 Å². The number of benzene rings is 2. The van der Waals surface area contributed by atoms with Gasteiger partial charge in [-0.25, -0.2) is 0 Å². The van der Waals surface area contributed by atoms with Crippen LogP contribution in [0.4, 0.5) is 0 Å². The Morgan fingerprint density at radius 3 is 2.54 bits per heavy atom. The average molecular weight is 558 g/mol. The smallest absolute Gasteiger partial charge is 0.166 e. The van der Waals surface area contributed by atoms with Crippen LogP contribution in [0, 0.1) is 17.3 Å². The number of rotatable bonds is 8. The molecule has 5 heteroatoms. The fourth-order valence-electron chi connectivity index (χ4n) is 10.5. The molecule has 2 bridgehead atoms. The van der Waals surface area contributed by atoms with Crippen molar-refractivity contribution >= 4 is 0 Å². The van der Waals surface area contributed by atoms with Crippen LogP contribution < -0.4 is 9.47 Å². The van der Waals surface area contributed by atoms with E-state index in [1.165, 1.54) is 36.1 Å². The maximum atomic E-state index is 7.43. The topological polar surface area (TPSA) is 40.2 Å². The Bertz CT molecular complexity index is 1330. The minimum Gasteiger partial charge on any atom is -0.485 e. The minimum atomic E-state index is -0.380. The maximum absolute atomic E-state index is 7.43. The average Bonchev–Trinajstić information content (AvgIpc) is 3.75. The molecule has 0 N–H and O–H groups in total. The summed E-state index contributed by atoms with van der Waals surface area (Å²) in [6.07, 6.45) is 9.23.